The first-order valence-corrected chi connectivity index (χ1v) is 7.41. The SMILES string of the molecule is CCCC(C)C(CCC)COC(=O)c1ccccc1. The molecule has 106 valence electrons. The highest BCUT2D eigenvalue weighted by Gasteiger charge is 2.18. The summed E-state index contributed by atoms with van der Waals surface area (Å²) in [4.78, 5) is 11.9. The molecule has 0 aliphatic rings. The highest BCUT2D eigenvalue weighted by molar-refractivity contribution is 5.89. The Balaban J connectivity index is 2.49. The van der Waals surface area contributed by atoms with Gasteiger partial charge in [-0.2, -0.15) is 0 Å². The maximum absolute atomic E-state index is 11.9. The minimum absolute atomic E-state index is 0.203. The van der Waals surface area contributed by atoms with Gasteiger partial charge in [0.1, 0.15) is 0 Å². The first kappa shape index (κ1) is 15.7. The van der Waals surface area contributed by atoms with Crippen LogP contribution in [0.25, 0.3) is 0 Å². The zero-order valence-corrected chi connectivity index (χ0v) is 12.4. The second-order valence-corrected chi connectivity index (χ2v) is 5.28. The van der Waals surface area contributed by atoms with Crippen molar-refractivity contribution in [3.63, 3.8) is 0 Å². The standard InChI is InChI=1S/C17H26O2/c1-4-9-14(3)16(10-5-2)13-19-17(18)15-11-7-6-8-12-15/h6-8,11-12,14,16H,4-5,9-10,13H2,1-3H3. The molecule has 0 aliphatic heterocycles. The van der Waals surface area contributed by atoms with Gasteiger partial charge >= 0.3 is 5.97 Å². The third kappa shape index (κ3) is 5.46. The van der Waals surface area contributed by atoms with Crippen molar-refractivity contribution in [1.29, 1.82) is 0 Å². The lowest BCUT2D eigenvalue weighted by atomic mass is 9.87. The van der Waals surface area contributed by atoms with Crippen molar-refractivity contribution >= 4 is 5.97 Å². The molecule has 1 aromatic rings. The Morgan fingerprint density at radius 2 is 1.74 bits per heavy atom. The molecule has 0 fully saturated rings. The van der Waals surface area contributed by atoms with Crippen LogP contribution in [0.4, 0.5) is 0 Å². The van der Waals surface area contributed by atoms with Gasteiger partial charge in [0.15, 0.2) is 0 Å². The molecule has 0 heterocycles. The van der Waals surface area contributed by atoms with E-state index in [0.29, 0.717) is 24.0 Å². The van der Waals surface area contributed by atoms with Crippen molar-refractivity contribution in [3.05, 3.63) is 35.9 Å². The van der Waals surface area contributed by atoms with Gasteiger partial charge in [0.2, 0.25) is 0 Å². The molecular weight excluding hydrogens is 236 g/mol. The van der Waals surface area contributed by atoms with Crippen LogP contribution in [0.3, 0.4) is 0 Å². The Hall–Kier alpha value is -1.31. The molecule has 0 spiro atoms. The van der Waals surface area contributed by atoms with Gasteiger partial charge in [0.25, 0.3) is 0 Å². The van der Waals surface area contributed by atoms with Crippen LogP contribution in [0.1, 0.15) is 56.8 Å². The van der Waals surface area contributed by atoms with Crippen LogP contribution in [0, 0.1) is 11.8 Å². The van der Waals surface area contributed by atoms with Gasteiger partial charge in [0, 0.05) is 0 Å². The molecule has 0 bridgehead atoms. The summed E-state index contributed by atoms with van der Waals surface area (Å²) in [5.41, 5.74) is 0.640. The molecule has 2 unspecified atom stereocenters. The Bertz CT molecular complexity index is 359. The number of carbonyl (C=O) groups excluding carboxylic acids is 1. The van der Waals surface area contributed by atoms with E-state index < -0.39 is 0 Å². The quantitative estimate of drug-likeness (QED) is 0.635. The number of rotatable bonds is 8. The molecule has 0 amide bonds. The fourth-order valence-corrected chi connectivity index (χ4v) is 2.43. The highest BCUT2D eigenvalue weighted by atomic mass is 16.5. The van der Waals surface area contributed by atoms with E-state index in [1.807, 2.05) is 18.2 Å². The zero-order chi connectivity index (χ0) is 14.1. The zero-order valence-electron chi connectivity index (χ0n) is 12.4. The monoisotopic (exact) mass is 262 g/mol. The van der Waals surface area contributed by atoms with Gasteiger partial charge in [-0.05, 0) is 30.4 Å². The van der Waals surface area contributed by atoms with Gasteiger partial charge in [-0.1, -0.05) is 58.2 Å². The maximum Gasteiger partial charge on any atom is 0.338 e. The summed E-state index contributed by atoms with van der Waals surface area (Å²) in [6, 6.07) is 9.22. The summed E-state index contributed by atoms with van der Waals surface area (Å²) in [5, 5.41) is 0. The lowest BCUT2D eigenvalue weighted by Gasteiger charge is -2.23. The van der Waals surface area contributed by atoms with Crippen molar-refractivity contribution < 1.29 is 9.53 Å². The van der Waals surface area contributed by atoms with Crippen LogP contribution in [0.5, 0.6) is 0 Å². The van der Waals surface area contributed by atoms with Gasteiger partial charge in [-0.25, -0.2) is 4.79 Å². The molecule has 0 aliphatic carbocycles. The molecule has 0 radical (unpaired) electrons. The third-order valence-electron chi connectivity index (χ3n) is 3.65. The van der Waals surface area contributed by atoms with E-state index >= 15 is 0 Å². The smallest absolute Gasteiger partial charge is 0.338 e. The van der Waals surface area contributed by atoms with Crippen molar-refractivity contribution in [1.82, 2.24) is 0 Å². The van der Waals surface area contributed by atoms with E-state index in [0.717, 1.165) is 12.8 Å². The van der Waals surface area contributed by atoms with E-state index in [2.05, 4.69) is 20.8 Å². The number of hydrogen-bond acceptors (Lipinski definition) is 2. The fraction of sp³-hybridized carbons (Fsp3) is 0.588. The van der Waals surface area contributed by atoms with E-state index in [1.54, 1.807) is 12.1 Å². The first-order chi connectivity index (χ1) is 9.19. The van der Waals surface area contributed by atoms with E-state index in [1.165, 1.54) is 12.8 Å². The molecule has 0 N–H and O–H groups in total. The van der Waals surface area contributed by atoms with Crippen molar-refractivity contribution in [3.8, 4) is 0 Å². The summed E-state index contributed by atoms with van der Waals surface area (Å²) >= 11 is 0. The summed E-state index contributed by atoms with van der Waals surface area (Å²) in [6.45, 7) is 7.20. The van der Waals surface area contributed by atoms with Gasteiger partial charge < -0.3 is 4.74 Å². The lowest BCUT2D eigenvalue weighted by molar-refractivity contribution is 0.0382. The number of esters is 1. The fourth-order valence-electron chi connectivity index (χ4n) is 2.43. The molecule has 19 heavy (non-hydrogen) atoms. The molecule has 1 rings (SSSR count). The van der Waals surface area contributed by atoms with E-state index in [9.17, 15) is 4.79 Å². The molecule has 1 aromatic carbocycles. The largest absolute Gasteiger partial charge is 0.462 e. The Morgan fingerprint density at radius 3 is 2.32 bits per heavy atom. The van der Waals surface area contributed by atoms with Gasteiger partial charge in [0.05, 0.1) is 12.2 Å². The molecule has 0 saturated carbocycles. The molecule has 0 aromatic heterocycles. The summed E-state index contributed by atoms with van der Waals surface area (Å²) in [7, 11) is 0. The molecule has 2 nitrogen and oxygen atoms in total. The predicted molar refractivity (Wildman–Crippen MR) is 79.2 cm³/mol. The van der Waals surface area contributed by atoms with E-state index in [4.69, 9.17) is 4.74 Å². The summed E-state index contributed by atoms with van der Waals surface area (Å²) in [6.07, 6.45) is 4.66. The molecule has 2 heteroatoms. The minimum atomic E-state index is -0.203. The first-order valence-electron chi connectivity index (χ1n) is 7.41. The topological polar surface area (TPSA) is 26.3 Å². The Kier molecular flexibility index (Phi) is 7.24. The average molecular weight is 262 g/mol. The molecule has 2 atom stereocenters. The summed E-state index contributed by atoms with van der Waals surface area (Å²) in [5.74, 6) is 0.900. The van der Waals surface area contributed by atoms with Crippen LogP contribution < -0.4 is 0 Å². The summed E-state index contributed by atoms with van der Waals surface area (Å²) < 4.78 is 5.47. The van der Waals surface area contributed by atoms with Crippen LogP contribution in [0.2, 0.25) is 0 Å². The van der Waals surface area contributed by atoms with Crippen LogP contribution in [-0.2, 0) is 4.74 Å². The number of carbonyl (C=O) groups is 1. The minimum Gasteiger partial charge on any atom is -0.462 e. The highest BCUT2D eigenvalue weighted by Crippen LogP contribution is 2.22. The van der Waals surface area contributed by atoms with Crippen LogP contribution in [-0.4, -0.2) is 12.6 Å². The van der Waals surface area contributed by atoms with Crippen molar-refractivity contribution in [2.45, 2.75) is 46.5 Å². The normalized spacial score (nSPS) is 13.8. The van der Waals surface area contributed by atoms with Crippen molar-refractivity contribution in [2.24, 2.45) is 11.8 Å². The van der Waals surface area contributed by atoms with Crippen LogP contribution >= 0.6 is 0 Å². The number of hydrogen-bond donors (Lipinski definition) is 0. The van der Waals surface area contributed by atoms with Gasteiger partial charge in [-0.15, -0.1) is 0 Å². The van der Waals surface area contributed by atoms with Crippen LogP contribution in [0.15, 0.2) is 30.3 Å². The Morgan fingerprint density at radius 1 is 1.11 bits per heavy atom. The Labute approximate surface area is 117 Å². The lowest BCUT2D eigenvalue weighted by Crippen LogP contribution is -2.20. The predicted octanol–water partition coefficient (Wildman–Crippen LogP) is 4.70. The van der Waals surface area contributed by atoms with Gasteiger partial charge in [-0.3, -0.25) is 0 Å². The number of benzene rings is 1. The number of ether oxygens (including phenoxy) is 1. The third-order valence-corrected chi connectivity index (χ3v) is 3.65. The maximum atomic E-state index is 11.9. The van der Waals surface area contributed by atoms with E-state index in [-0.39, 0.29) is 5.97 Å². The second kappa shape index (κ2) is 8.73. The van der Waals surface area contributed by atoms with Crippen molar-refractivity contribution in [2.75, 3.05) is 6.61 Å². The molecule has 0 saturated heterocycles. The average Bonchev–Trinajstić information content (AvgIpc) is 2.44. The molecular formula is C17H26O2. The second-order valence-electron chi connectivity index (χ2n) is 5.28.